The van der Waals surface area contributed by atoms with E-state index in [4.69, 9.17) is 0 Å². The van der Waals surface area contributed by atoms with Crippen LogP contribution in [0.3, 0.4) is 0 Å². The number of hydrogen-bond acceptors (Lipinski definition) is 8. The van der Waals surface area contributed by atoms with Crippen molar-refractivity contribution in [2.75, 3.05) is 23.7 Å². The summed E-state index contributed by atoms with van der Waals surface area (Å²) in [5.41, 5.74) is 1.16. The molecule has 4 N–H and O–H groups in total. The minimum Gasteiger partial charge on any atom is -0.348 e. The molecule has 0 aliphatic carbocycles. The normalized spacial score (nSPS) is 16.2. The number of urea groups is 1. The van der Waals surface area contributed by atoms with Gasteiger partial charge in [0, 0.05) is 47.8 Å². The first kappa shape index (κ1) is 20.8. The smallest absolute Gasteiger partial charge is 0.325 e. The summed E-state index contributed by atoms with van der Waals surface area (Å²) in [6.45, 7) is 1.68. The number of thiophene rings is 1. The number of nitrogens with zero attached hydrogens (tertiary/aromatic N) is 4. The lowest BCUT2D eigenvalue weighted by Gasteiger charge is -2.16. The van der Waals surface area contributed by atoms with Gasteiger partial charge in [-0.1, -0.05) is 6.42 Å². The van der Waals surface area contributed by atoms with Crippen molar-refractivity contribution in [3.05, 3.63) is 48.9 Å². The van der Waals surface area contributed by atoms with E-state index < -0.39 is 6.03 Å². The minimum atomic E-state index is -0.511. The molecule has 4 heterocycles. The lowest BCUT2D eigenvalue weighted by molar-refractivity contribution is 0.0937. The van der Waals surface area contributed by atoms with Gasteiger partial charge in [-0.2, -0.15) is 0 Å². The van der Waals surface area contributed by atoms with Gasteiger partial charge in [0.25, 0.3) is 5.91 Å². The lowest BCUT2D eigenvalue weighted by Crippen LogP contribution is -2.41. The van der Waals surface area contributed by atoms with E-state index in [1.54, 1.807) is 18.5 Å². The molecule has 3 amide bonds. The first-order chi connectivity index (χ1) is 15.2. The molecule has 3 aromatic heterocycles. The summed E-state index contributed by atoms with van der Waals surface area (Å²) in [5, 5.41) is 12.2. The van der Waals surface area contributed by atoms with Gasteiger partial charge >= 0.3 is 6.03 Å². The van der Waals surface area contributed by atoms with Crippen molar-refractivity contribution >= 4 is 34.1 Å². The predicted molar refractivity (Wildman–Crippen MR) is 118 cm³/mol. The second-order valence-electron chi connectivity index (χ2n) is 7.02. The van der Waals surface area contributed by atoms with Crippen LogP contribution in [0.15, 0.2) is 43.4 Å². The Morgan fingerprint density at radius 1 is 1.06 bits per heavy atom. The molecule has 1 atom stereocenters. The minimum absolute atomic E-state index is 0.0414. The summed E-state index contributed by atoms with van der Waals surface area (Å²) in [7, 11) is 0. The van der Waals surface area contributed by atoms with Gasteiger partial charge in [-0.15, -0.1) is 11.3 Å². The fraction of sp³-hybridized carbons (Fsp3) is 0.300. The van der Waals surface area contributed by atoms with Gasteiger partial charge in [0.2, 0.25) is 0 Å². The van der Waals surface area contributed by atoms with E-state index in [-0.39, 0.29) is 11.9 Å². The Hall–Kier alpha value is -3.44. The van der Waals surface area contributed by atoms with Gasteiger partial charge in [-0.25, -0.2) is 19.7 Å². The number of nitrogens with one attached hydrogen (secondary N) is 4. The quantitative estimate of drug-likeness (QED) is 0.481. The Balaban J connectivity index is 1.55. The van der Waals surface area contributed by atoms with Crippen molar-refractivity contribution in [3.8, 4) is 10.4 Å². The Bertz CT molecular complexity index is 1020. The molecule has 31 heavy (non-hydrogen) atoms. The highest BCUT2D eigenvalue weighted by molar-refractivity contribution is 7.20. The third-order valence-corrected chi connectivity index (χ3v) is 5.84. The number of rotatable bonds is 5. The number of carbonyl (C=O) groups excluding carboxylic acids is 2. The van der Waals surface area contributed by atoms with Gasteiger partial charge in [-0.05, 0) is 25.5 Å². The fourth-order valence-electron chi connectivity index (χ4n) is 3.24. The zero-order chi connectivity index (χ0) is 21.5. The van der Waals surface area contributed by atoms with E-state index in [0.29, 0.717) is 16.4 Å². The second-order valence-corrected chi connectivity index (χ2v) is 8.07. The maximum atomic E-state index is 13.1. The first-order valence-electron chi connectivity index (χ1n) is 9.94. The Labute approximate surface area is 183 Å². The average molecular weight is 439 g/mol. The molecule has 11 heteroatoms. The number of aromatic nitrogens is 4. The van der Waals surface area contributed by atoms with Crippen LogP contribution in [-0.4, -0.2) is 51.0 Å². The van der Waals surface area contributed by atoms with Crippen molar-refractivity contribution in [2.45, 2.75) is 25.3 Å². The van der Waals surface area contributed by atoms with Crippen LogP contribution in [0.25, 0.3) is 10.4 Å². The van der Waals surface area contributed by atoms with Crippen molar-refractivity contribution in [2.24, 2.45) is 0 Å². The highest BCUT2D eigenvalue weighted by Gasteiger charge is 2.22. The van der Waals surface area contributed by atoms with Gasteiger partial charge in [-0.3, -0.25) is 20.4 Å². The molecule has 160 valence electrons. The summed E-state index contributed by atoms with van der Waals surface area (Å²) < 4.78 is 0. The number of hydrogen-bond donors (Lipinski definition) is 4. The lowest BCUT2D eigenvalue weighted by atomic mass is 10.1. The molecule has 0 spiro atoms. The molecule has 1 saturated heterocycles. The molecule has 0 aromatic carbocycles. The first-order valence-corrected chi connectivity index (χ1v) is 10.8. The summed E-state index contributed by atoms with van der Waals surface area (Å²) >= 11 is 1.28. The summed E-state index contributed by atoms with van der Waals surface area (Å²) in [4.78, 5) is 42.4. The molecule has 0 radical (unpaired) electrons. The molecule has 10 nitrogen and oxygen atoms in total. The number of amides is 3. The Kier molecular flexibility index (Phi) is 6.75. The summed E-state index contributed by atoms with van der Waals surface area (Å²) in [5.74, 6) is 0.0756. The molecule has 4 rings (SSSR count). The fourth-order valence-corrected chi connectivity index (χ4v) is 4.27. The van der Waals surface area contributed by atoms with Crippen LogP contribution in [0.4, 0.5) is 15.6 Å². The molecule has 1 fully saturated rings. The van der Waals surface area contributed by atoms with Gasteiger partial charge < -0.3 is 10.6 Å². The van der Waals surface area contributed by atoms with E-state index in [9.17, 15) is 9.59 Å². The number of carbonyl (C=O) groups is 2. The van der Waals surface area contributed by atoms with Crippen molar-refractivity contribution in [1.82, 2.24) is 30.6 Å². The third-order valence-electron chi connectivity index (χ3n) is 4.74. The molecule has 0 bridgehead atoms. The molecule has 0 unspecified atom stereocenters. The third kappa shape index (κ3) is 5.58. The molecular formula is C20H22N8O2S. The Morgan fingerprint density at radius 3 is 2.74 bits per heavy atom. The maximum absolute atomic E-state index is 13.1. The molecule has 1 aliphatic rings. The van der Waals surface area contributed by atoms with Crippen molar-refractivity contribution in [3.63, 3.8) is 0 Å². The van der Waals surface area contributed by atoms with Crippen LogP contribution in [0, 0.1) is 0 Å². The van der Waals surface area contributed by atoms with Crippen LogP contribution in [0.5, 0.6) is 0 Å². The highest BCUT2D eigenvalue weighted by atomic mass is 32.1. The van der Waals surface area contributed by atoms with E-state index in [1.807, 2.05) is 0 Å². The SMILES string of the molecule is O=C(Nc1cnccn1)Nc1sc(-c2cncnc2)cc1C(=O)N[C@H]1CCCCNC1. The van der Waals surface area contributed by atoms with Gasteiger partial charge in [0.1, 0.15) is 11.3 Å². The van der Waals surface area contributed by atoms with Crippen LogP contribution in [0.2, 0.25) is 0 Å². The molecule has 0 saturated carbocycles. The second kappa shape index (κ2) is 10.0. The van der Waals surface area contributed by atoms with Crippen molar-refractivity contribution in [1.29, 1.82) is 0 Å². The zero-order valence-electron chi connectivity index (χ0n) is 16.7. The summed E-state index contributed by atoms with van der Waals surface area (Å²) in [6, 6.07) is 1.28. The molecule has 1 aliphatic heterocycles. The highest BCUT2D eigenvalue weighted by Crippen LogP contribution is 2.35. The van der Waals surface area contributed by atoms with Gasteiger partial charge in [0.15, 0.2) is 5.82 Å². The topological polar surface area (TPSA) is 134 Å². The van der Waals surface area contributed by atoms with Crippen LogP contribution in [-0.2, 0) is 0 Å². The summed E-state index contributed by atoms with van der Waals surface area (Å²) in [6.07, 6.45) is 12.3. The Morgan fingerprint density at radius 2 is 1.94 bits per heavy atom. The molecule has 3 aromatic rings. The van der Waals surface area contributed by atoms with E-state index >= 15 is 0 Å². The van der Waals surface area contributed by atoms with E-state index in [1.165, 1.54) is 36.3 Å². The maximum Gasteiger partial charge on any atom is 0.325 e. The van der Waals surface area contributed by atoms with Crippen LogP contribution in [0.1, 0.15) is 29.6 Å². The largest absolute Gasteiger partial charge is 0.348 e. The number of anilines is 2. The average Bonchev–Trinajstić information content (AvgIpc) is 3.03. The van der Waals surface area contributed by atoms with E-state index in [0.717, 1.165) is 42.8 Å². The van der Waals surface area contributed by atoms with E-state index in [2.05, 4.69) is 41.2 Å². The monoisotopic (exact) mass is 438 g/mol. The standard InChI is InChI=1S/C20H22N8O2S/c29-18(26-14-3-1-2-4-21-10-14)15-7-16(13-8-23-12-24-9-13)31-19(15)28-20(30)27-17-11-22-5-6-25-17/h5-9,11-12,14,21H,1-4,10H2,(H,26,29)(H2,25,27,28,30)/t14-/m0/s1. The zero-order valence-corrected chi connectivity index (χ0v) is 17.5. The van der Waals surface area contributed by atoms with Crippen LogP contribution >= 0.6 is 11.3 Å². The molecular weight excluding hydrogens is 416 g/mol. The van der Waals surface area contributed by atoms with Crippen molar-refractivity contribution < 1.29 is 9.59 Å². The predicted octanol–water partition coefficient (Wildman–Crippen LogP) is 2.51. The van der Waals surface area contributed by atoms with Crippen LogP contribution < -0.4 is 21.3 Å². The van der Waals surface area contributed by atoms with Gasteiger partial charge in [0.05, 0.1) is 11.8 Å².